The molecule has 0 bridgehead atoms. The van der Waals surface area contributed by atoms with Crippen molar-refractivity contribution in [3.05, 3.63) is 28.0 Å². The third-order valence-electron chi connectivity index (χ3n) is 3.25. The number of hydrogen-bond acceptors (Lipinski definition) is 3. The van der Waals surface area contributed by atoms with E-state index in [0.29, 0.717) is 16.6 Å². The second kappa shape index (κ2) is 4.85. The fourth-order valence-electron chi connectivity index (χ4n) is 1.67. The summed E-state index contributed by atoms with van der Waals surface area (Å²) in [5, 5.41) is 11.9. The molecule has 98 valence electrons. The van der Waals surface area contributed by atoms with Crippen molar-refractivity contribution < 1.29 is 14.3 Å². The number of aliphatic hydroxyl groups excluding tert-OH is 1. The van der Waals surface area contributed by atoms with Crippen LogP contribution in [0.15, 0.2) is 16.6 Å². The van der Waals surface area contributed by atoms with Crippen LogP contribution in [0.1, 0.15) is 23.2 Å². The summed E-state index contributed by atoms with van der Waals surface area (Å²) in [7, 11) is 0. The summed E-state index contributed by atoms with van der Waals surface area (Å²) in [5.74, 6) is -0.888. The maximum atomic E-state index is 13.1. The molecule has 0 atom stereocenters. The van der Waals surface area contributed by atoms with Crippen molar-refractivity contribution in [3.8, 4) is 0 Å². The number of rotatable bonds is 4. The summed E-state index contributed by atoms with van der Waals surface area (Å²) >= 11 is 3.13. The Balaban J connectivity index is 2.07. The van der Waals surface area contributed by atoms with Crippen LogP contribution in [0.2, 0.25) is 0 Å². The summed E-state index contributed by atoms with van der Waals surface area (Å²) in [6.45, 7) is 0.492. The van der Waals surface area contributed by atoms with Gasteiger partial charge < -0.3 is 16.2 Å². The summed E-state index contributed by atoms with van der Waals surface area (Å²) in [6, 6.07) is 2.47. The maximum absolute atomic E-state index is 13.1. The molecule has 1 aliphatic carbocycles. The second-order valence-electron chi connectivity index (χ2n) is 4.69. The molecule has 0 unspecified atom stereocenters. The van der Waals surface area contributed by atoms with Crippen molar-refractivity contribution in [2.24, 2.45) is 5.41 Å². The number of anilines is 1. The highest BCUT2D eigenvalue weighted by atomic mass is 79.9. The van der Waals surface area contributed by atoms with Crippen LogP contribution in [0.25, 0.3) is 0 Å². The molecule has 0 aromatic heterocycles. The lowest BCUT2D eigenvalue weighted by molar-refractivity contribution is 0.0934. The molecule has 1 saturated carbocycles. The van der Waals surface area contributed by atoms with Gasteiger partial charge in [0.15, 0.2) is 0 Å². The van der Waals surface area contributed by atoms with Gasteiger partial charge in [0.25, 0.3) is 5.91 Å². The molecular formula is C12H14BrFN2O2. The highest BCUT2D eigenvalue weighted by Gasteiger charge is 2.42. The van der Waals surface area contributed by atoms with Gasteiger partial charge in [-0.05, 0) is 40.9 Å². The summed E-state index contributed by atoms with van der Waals surface area (Å²) in [5.41, 5.74) is 5.50. The van der Waals surface area contributed by atoms with Crippen LogP contribution in [-0.2, 0) is 0 Å². The number of hydrogen-bond donors (Lipinski definition) is 3. The number of carbonyl (C=O) groups is 1. The molecule has 0 saturated heterocycles. The quantitative estimate of drug-likeness (QED) is 0.740. The van der Waals surface area contributed by atoms with Crippen LogP contribution in [-0.4, -0.2) is 24.2 Å². The molecule has 1 amide bonds. The van der Waals surface area contributed by atoms with Crippen LogP contribution < -0.4 is 11.1 Å². The minimum Gasteiger partial charge on any atom is -0.396 e. The predicted molar refractivity (Wildman–Crippen MR) is 69.6 cm³/mol. The van der Waals surface area contributed by atoms with Crippen molar-refractivity contribution in [3.63, 3.8) is 0 Å². The standard InChI is InChI=1S/C12H14BrFN2O2/c13-8-4-9(14)10(15)3-7(8)11(18)16-5-12(6-17)1-2-12/h3-4,17H,1-2,5-6,15H2,(H,16,18). The first-order chi connectivity index (χ1) is 8.47. The van der Waals surface area contributed by atoms with Gasteiger partial charge in [0.2, 0.25) is 0 Å². The van der Waals surface area contributed by atoms with Gasteiger partial charge in [0, 0.05) is 16.4 Å². The van der Waals surface area contributed by atoms with Gasteiger partial charge in [-0.1, -0.05) is 0 Å². The highest BCUT2D eigenvalue weighted by molar-refractivity contribution is 9.10. The fourth-order valence-corrected chi connectivity index (χ4v) is 2.17. The molecule has 2 rings (SSSR count). The second-order valence-corrected chi connectivity index (χ2v) is 5.55. The van der Waals surface area contributed by atoms with Crippen molar-refractivity contribution in [1.29, 1.82) is 0 Å². The van der Waals surface area contributed by atoms with Crippen LogP contribution >= 0.6 is 15.9 Å². The number of carbonyl (C=O) groups excluding carboxylic acids is 1. The van der Waals surface area contributed by atoms with E-state index in [-0.39, 0.29) is 23.6 Å². The Bertz CT molecular complexity index is 489. The molecule has 18 heavy (non-hydrogen) atoms. The zero-order chi connectivity index (χ0) is 13.3. The van der Waals surface area contributed by atoms with Gasteiger partial charge in [-0.3, -0.25) is 4.79 Å². The van der Waals surface area contributed by atoms with Gasteiger partial charge in [-0.25, -0.2) is 4.39 Å². The first kappa shape index (κ1) is 13.3. The third kappa shape index (κ3) is 2.64. The Morgan fingerprint density at radius 2 is 2.22 bits per heavy atom. The number of halogens is 2. The lowest BCUT2D eigenvalue weighted by atomic mass is 10.1. The van der Waals surface area contributed by atoms with Crippen LogP contribution in [0.5, 0.6) is 0 Å². The van der Waals surface area contributed by atoms with Crippen LogP contribution in [0.4, 0.5) is 10.1 Å². The number of nitrogens with one attached hydrogen (secondary N) is 1. The molecular weight excluding hydrogens is 303 g/mol. The lowest BCUT2D eigenvalue weighted by Gasteiger charge is -2.13. The van der Waals surface area contributed by atoms with E-state index < -0.39 is 5.82 Å². The SMILES string of the molecule is Nc1cc(C(=O)NCC2(CO)CC2)c(Br)cc1F. The van der Waals surface area contributed by atoms with Gasteiger partial charge in [0.05, 0.1) is 17.9 Å². The fraction of sp³-hybridized carbons (Fsp3) is 0.417. The summed E-state index contributed by atoms with van der Waals surface area (Å²) in [4.78, 5) is 11.9. The normalized spacial score (nSPS) is 16.4. The molecule has 0 aliphatic heterocycles. The lowest BCUT2D eigenvalue weighted by Crippen LogP contribution is -2.32. The Morgan fingerprint density at radius 1 is 1.56 bits per heavy atom. The predicted octanol–water partition coefficient (Wildman–Crippen LogP) is 1.67. The van der Waals surface area contributed by atoms with E-state index in [4.69, 9.17) is 10.8 Å². The van der Waals surface area contributed by atoms with E-state index >= 15 is 0 Å². The number of amides is 1. The maximum Gasteiger partial charge on any atom is 0.252 e. The Kier molecular flexibility index (Phi) is 3.59. The molecule has 4 nitrogen and oxygen atoms in total. The molecule has 0 spiro atoms. The monoisotopic (exact) mass is 316 g/mol. The molecule has 6 heteroatoms. The number of nitrogen functional groups attached to an aromatic ring is 1. The summed E-state index contributed by atoms with van der Waals surface area (Å²) in [6.07, 6.45) is 1.83. The van der Waals surface area contributed by atoms with Crippen molar-refractivity contribution >= 4 is 27.5 Å². The largest absolute Gasteiger partial charge is 0.396 e. The molecule has 4 N–H and O–H groups in total. The van der Waals surface area contributed by atoms with Crippen LogP contribution in [0.3, 0.4) is 0 Å². The van der Waals surface area contributed by atoms with Gasteiger partial charge >= 0.3 is 0 Å². The zero-order valence-electron chi connectivity index (χ0n) is 9.67. The highest BCUT2D eigenvalue weighted by Crippen LogP contribution is 2.44. The average molecular weight is 317 g/mol. The topological polar surface area (TPSA) is 75.4 Å². The molecule has 1 aromatic carbocycles. The van der Waals surface area contributed by atoms with Gasteiger partial charge in [-0.2, -0.15) is 0 Å². The van der Waals surface area contributed by atoms with E-state index in [2.05, 4.69) is 21.2 Å². The van der Waals surface area contributed by atoms with Crippen molar-refractivity contribution in [2.75, 3.05) is 18.9 Å². The van der Waals surface area contributed by atoms with Gasteiger partial charge in [-0.15, -0.1) is 0 Å². The van der Waals surface area contributed by atoms with Gasteiger partial charge in [0.1, 0.15) is 5.82 Å². The average Bonchev–Trinajstić information content (AvgIpc) is 3.11. The smallest absolute Gasteiger partial charge is 0.252 e. The molecule has 0 radical (unpaired) electrons. The molecule has 1 aliphatic rings. The van der Waals surface area contributed by atoms with Crippen molar-refractivity contribution in [1.82, 2.24) is 5.32 Å². The van der Waals surface area contributed by atoms with Crippen molar-refractivity contribution in [2.45, 2.75) is 12.8 Å². The molecule has 0 heterocycles. The minimum atomic E-state index is -0.563. The molecule has 1 aromatic rings. The Morgan fingerprint density at radius 3 is 2.78 bits per heavy atom. The first-order valence-electron chi connectivity index (χ1n) is 5.61. The Hall–Kier alpha value is -1.14. The first-order valence-corrected chi connectivity index (χ1v) is 6.40. The van der Waals surface area contributed by atoms with E-state index in [1.165, 1.54) is 12.1 Å². The van der Waals surface area contributed by atoms with E-state index in [0.717, 1.165) is 12.8 Å². The van der Waals surface area contributed by atoms with E-state index in [9.17, 15) is 9.18 Å². The number of benzene rings is 1. The minimum absolute atomic E-state index is 0.0633. The van der Waals surface area contributed by atoms with E-state index in [1.54, 1.807) is 0 Å². The Labute approximate surface area is 112 Å². The number of aliphatic hydroxyl groups is 1. The third-order valence-corrected chi connectivity index (χ3v) is 3.90. The van der Waals surface area contributed by atoms with Crippen LogP contribution in [0, 0.1) is 11.2 Å². The number of nitrogens with two attached hydrogens (primary N) is 1. The summed E-state index contributed by atoms with van der Waals surface area (Å²) < 4.78 is 13.5. The molecule has 1 fully saturated rings. The van der Waals surface area contributed by atoms with E-state index in [1.807, 2.05) is 0 Å². The zero-order valence-corrected chi connectivity index (χ0v) is 11.3.